The van der Waals surface area contributed by atoms with Crippen molar-refractivity contribution >= 4 is 17.5 Å². The zero-order chi connectivity index (χ0) is 28.2. The smallest absolute Gasteiger partial charge is 0.273 e. The highest BCUT2D eigenvalue weighted by Crippen LogP contribution is 2.48. The van der Waals surface area contributed by atoms with Crippen molar-refractivity contribution in [1.82, 2.24) is 24.8 Å². The Morgan fingerprint density at radius 1 is 1.10 bits per heavy atom. The first-order chi connectivity index (χ1) is 19.9. The van der Waals surface area contributed by atoms with Crippen molar-refractivity contribution in [3.8, 4) is 11.3 Å². The molecule has 0 unspecified atom stereocenters. The van der Waals surface area contributed by atoms with Crippen molar-refractivity contribution < 1.29 is 14.0 Å². The lowest BCUT2D eigenvalue weighted by molar-refractivity contribution is -0.122. The molecule has 7 nitrogen and oxygen atoms in total. The molecule has 0 radical (unpaired) electrons. The van der Waals surface area contributed by atoms with Gasteiger partial charge in [0, 0.05) is 42.2 Å². The van der Waals surface area contributed by atoms with Crippen molar-refractivity contribution in [3.05, 3.63) is 88.5 Å². The van der Waals surface area contributed by atoms with E-state index < -0.39 is 0 Å². The maximum Gasteiger partial charge on any atom is 0.273 e. The molecule has 210 valence electrons. The summed E-state index contributed by atoms with van der Waals surface area (Å²) < 4.78 is 17.2. The van der Waals surface area contributed by atoms with Crippen molar-refractivity contribution in [2.75, 3.05) is 13.1 Å². The number of nitrogens with one attached hydrogen (secondary N) is 1. The molecule has 8 heteroatoms. The first kappa shape index (κ1) is 25.9. The van der Waals surface area contributed by atoms with Gasteiger partial charge in [0.25, 0.3) is 5.91 Å². The van der Waals surface area contributed by atoms with E-state index in [0.29, 0.717) is 41.6 Å². The summed E-state index contributed by atoms with van der Waals surface area (Å²) in [6, 6.07) is 17.1. The molecule has 2 saturated carbocycles. The average molecular weight is 552 g/mol. The second-order valence-corrected chi connectivity index (χ2v) is 11.7. The fourth-order valence-electron chi connectivity index (χ4n) is 6.31. The zero-order valence-corrected chi connectivity index (χ0v) is 23.4. The standard InChI is InChI=1S/C33H34FN5O2/c1-3-13-35-32(40)26-16-25(26)22-10-11-24(27(34)15-22)28-18-31-36-29(17-30(21-8-9-21)39(31)37-28)33(41)38-14-12-20-6-4-5-7-23(20)19(38)2/h4-7,10-11,15,17-19,21,25-26H,3,8-9,12-14,16H2,1-2H3,(H,35,40)/t19-,25-,26+/m1/s1. The zero-order valence-electron chi connectivity index (χ0n) is 23.4. The summed E-state index contributed by atoms with van der Waals surface area (Å²) in [5.74, 6) is -0.116. The first-order valence-electron chi connectivity index (χ1n) is 14.8. The van der Waals surface area contributed by atoms with Crippen LogP contribution in [0.25, 0.3) is 16.9 Å². The number of rotatable bonds is 7. The number of carbonyl (C=O) groups excluding carboxylic acids is 2. The van der Waals surface area contributed by atoms with Gasteiger partial charge in [-0.3, -0.25) is 9.59 Å². The van der Waals surface area contributed by atoms with Gasteiger partial charge in [-0.25, -0.2) is 13.9 Å². The number of nitrogens with zero attached hydrogens (tertiary/aromatic N) is 4. The van der Waals surface area contributed by atoms with E-state index in [1.165, 1.54) is 17.2 Å². The predicted octanol–water partition coefficient (Wildman–Crippen LogP) is 5.80. The Morgan fingerprint density at radius 2 is 1.93 bits per heavy atom. The Kier molecular flexibility index (Phi) is 6.36. The number of benzene rings is 2. The highest BCUT2D eigenvalue weighted by Gasteiger charge is 2.44. The third-order valence-electron chi connectivity index (χ3n) is 8.90. The molecule has 0 bridgehead atoms. The molecule has 2 amide bonds. The number of aromatic nitrogens is 3. The van der Waals surface area contributed by atoms with E-state index in [1.54, 1.807) is 16.6 Å². The topological polar surface area (TPSA) is 79.6 Å². The minimum Gasteiger partial charge on any atom is -0.356 e. The molecule has 2 aromatic heterocycles. The number of amides is 2. The van der Waals surface area contributed by atoms with E-state index in [2.05, 4.69) is 24.4 Å². The highest BCUT2D eigenvalue weighted by molar-refractivity contribution is 5.93. The van der Waals surface area contributed by atoms with Crippen molar-refractivity contribution in [3.63, 3.8) is 0 Å². The summed E-state index contributed by atoms with van der Waals surface area (Å²) in [5.41, 5.74) is 6.10. The second kappa shape index (κ2) is 10.1. The van der Waals surface area contributed by atoms with Gasteiger partial charge >= 0.3 is 0 Å². The fourth-order valence-corrected chi connectivity index (χ4v) is 6.31. The van der Waals surface area contributed by atoms with Crippen LogP contribution >= 0.6 is 0 Å². The van der Waals surface area contributed by atoms with Crippen molar-refractivity contribution in [2.45, 2.75) is 63.8 Å². The van der Waals surface area contributed by atoms with E-state index in [0.717, 1.165) is 43.4 Å². The van der Waals surface area contributed by atoms with E-state index >= 15 is 4.39 Å². The lowest BCUT2D eigenvalue weighted by Crippen LogP contribution is -2.39. The lowest BCUT2D eigenvalue weighted by Gasteiger charge is -2.35. The Morgan fingerprint density at radius 3 is 2.71 bits per heavy atom. The Hall–Kier alpha value is -4.07. The van der Waals surface area contributed by atoms with Crippen LogP contribution < -0.4 is 5.32 Å². The molecule has 2 fully saturated rings. The van der Waals surface area contributed by atoms with Crippen LogP contribution in [0.3, 0.4) is 0 Å². The molecule has 0 saturated heterocycles. The minimum atomic E-state index is -0.365. The van der Waals surface area contributed by atoms with Gasteiger partial charge in [-0.2, -0.15) is 5.10 Å². The van der Waals surface area contributed by atoms with Crippen LogP contribution in [0.2, 0.25) is 0 Å². The molecular weight excluding hydrogens is 517 g/mol. The Bertz CT molecular complexity index is 1680. The van der Waals surface area contributed by atoms with Crippen LogP contribution in [0, 0.1) is 11.7 Å². The molecule has 3 aliphatic rings. The van der Waals surface area contributed by atoms with Crippen LogP contribution in [0.1, 0.15) is 90.3 Å². The fraction of sp³-hybridized carbons (Fsp3) is 0.394. The quantitative estimate of drug-likeness (QED) is 0.315. The van der Waals surface area contributed by atoms with E-state index in [4.69, 9.17) is 10.1 Å². The van der Waals surface area contributed by atoms with Gasteiger partial charge in [-0.1, -0.05) is 37.3 Å². The molecular formula is C33H34FN5O2. The number of fused-ring (bicyclic) bond motifs is 2. The van der Waals surface area contributed by atoms with Crippen LogP contribution in [-0.2, 0) is 11.2 Å². The van der Waals surface area contributed by atoms with Gasteiger partial charge < -0.3 is 10.2 Å². The summed E-state index contributed by atoms with van der Waals surface area (Å²) in [5, 5.41) is 7.70. The largest absolute Gasteiger partial charge is 0.356 e. The third kappa shape index (κ3) is 4.69. The number of halogens is 1. The molecule has 4 aromatic rings. The number of hydrogen-bond acceptors (Lipinski definition) is 4. The summed E-state index contributed by atoms with van der Waals surface area (Å²) in [4.78, 5) is 32.7. The summed E-state index contributed by atoms with van der Waals surface area (Å²) >= 11 is 0. The van der Waals surface area contributed by atoms with Gasteiger partial charge in [-0.15, -0.1) is 0 Å². The SMILES string of the molecule is CCCNC(=O)[C@H]1C[C@@H]1c1ccc(-c2cc3nc(C(=O)N4CCc5ccccc5[C@H]4C)cc(C4CC4)n3n2)c(F)c1. The second-order valence-electron chi connectivity index (χ2n) is 11.7. The molecule has 1 aliphatic heterocycles. The maximum atomic E-state index is 15.4. The van der Waals surface area contributed by atoms with Gasteiger partial charge in [0.05, 0.1) is 11.7 Å². The molecule has 1 N–H and O–H groups in total. The third-order valence-corrected chi connectivity index (χ3v) is 8.90. The van der Waals surface area contributed by atoms with Crippen molar-refractivity contribution in [1.29, 1.82) is 0 Å². The monoisotopic (exact) mass is 551 g/mol. The number of carbonyl (C=O) groups is 2. The maximum absolute atomic E-state index is 15.4. The minimum absolute atomic E-state index is 0.0354. The number of hydrogen-bond donors (Lipinski definition) is 1. The highest BCUT2D eigenvalue weighted by atomic mass is 19.1. The van der Waals surface area contributed by atoms with Gasteiger partial charge in [0.2, 0.25) is 5.91 Å². The van der Waals surface area contributed by atoms with Crippen LogP contribution in [0.15, 0.2) is 54.6 Å². The summed E-state index contributed by atoms with van der Waals surface area (Å²) in [6.45, 7) is 5.40. The molecule has 0 spiro atoms. The summed E-state index contributed by atoms with van der Waals surface area (Å²) in [6.07, 6.45) is 4.53. The predicted molar refractivity (Wildman–Crippen MR) is 154 cm³/mol. The van der Waals surface area contributed by atoms with Crippen LogP contribution in [-0.4, -0.2) is 44.4 Å². The Labute approximate surface area is 238 Å². The van der Waals surface area contributed by atoms with Crippen LogP contribution in [0.4, 0.5) is 4.39 Å². The average Bonchev–Trinajstić information content (AvgIpc) is 3.92. The molecule has 7 rings (SSSR count). The van der Waals surface area contributed by atoms with Gasteiger partial charge in [0.15, 0.2) is 5.65 Å². The molecule has 2 aliphatic carbocycles. The van der Waals surface area contributed by atoms with E-state index in [1.807, 2.05) is 36.1 Å². The normalized spacial score (nSPS) is 21.5. The molecule has 3 atom stereocenters. The molecule has 2 aromatic carbocycles. The van der Waals surface area contributed by atoms with Crippen LogP contribution in [0.5, 0.6) is 0 Å². The van der Waals surface area contributed by atoms with Gasteiger partial charge in [0.1, 0.15) is 11.5 Å². The summed E-state index contributed by atoms with van der Waals surface area (Å²) in [7, 11) is 0. The van der Waals surface area contributed by atoms with E-state index in [-0.39, 0.29) is 35.5 Å². The first-order valence-corrected chi connectivity index (χ1v) is 14.8. The Balaban J connectivity index is 1.17. The van der Waals surface area contributed by atoms with Gasteiger partial charge in [-0.05, 0) is 79.8 Å². The van der Waals surface area contributed by atoms with Crippen molar-refractivity contribution in [2.24, 2.45) is 5.92 Å². The molecule has 3 heterocycles. The van der Waals surface area contributed by atoms with E-state index in [9.17, 15) is 9.59 Å². The molecule has 41 heavy (non-hydrogen) atoms. The lowest BCUT2D eigenvalue weighted by atomic mass is 9.93.